The summed E-state index contributed by atoms with van der Waals surface area (Å²) in [5.74, 6) is 5.56. The third kappa shape index (κ3) is 5.98. The number of hydrogen-bond donors (Lipinski definition) is 0. The van der Waals surface area contributed by atoms with Gasteiger partial charge in [0.25, 0.3) is 0 Å². The lowest BCUT2D eigenvalue weighted by Crippen LogP contribution is -1.96. The van der Waals surface area contributed by atoms with Crippen LogP contribution in [0.4, 0.5) is 0 Å². The van der Waals surface area contributed by atoms with Crippen molar-refractivity contribution in [2.75, 3.05) is 6.61 Å². The van der Waals surface area contributed by atoms with Crippen molar-refractivity contribution in [3.8, 4) is 11.8 Å². The minimum absolute atomic E-state index is 0.181. The molecule has 0 aromatic heterocycles. The number of rotatable bonds is 5. The smallest absolute Gasteiger partial charge is 0.232 e. The van der Waals surface area contributed by atoms with E-state index in [-0.39, 0.29) is 5.78 Å². The van der Waals surface area contributed by atoms with Gasteiger partial charge in [0.2, 0.25) is 5.78 Å². The van der Waals surface area contributed by atoms with Gasteiger partial charge >= 0.3 is 0 Å². The van der Waals surface area contributed by atoms with E-state index < -0.39 is 0 Å². The van der Waals surface area contributed by atoms with Gasteiger partial charge in [-0.3, -0.25) is 4.79 Å². The highest BCUT2D eigenvalue weighted by molar-refractivity contribution is 6.04. The van der Waals surface area contributed by atoms with Crippen molar-refractivity contribution in [1.29, 1.82) is 0 Å². The molecule has 0 amide bonds. The monoisotopic (exact) mass is 180 g/mol. The van der Waals surface area contributed by atoms with E-state index in [1.54, 1.807) is 6.92 Å². The first-order chi connectivity index (χ1) is 6.24. The second-order valence-corrected chi connectivity index (χ2v) is 2.53. The zero-order chi connectivity index (χ0) is 10.1. The van der Waals surface area contributed by atoms with Gasteiger partial charge in [-0.15, -0.1) is 0 Å². The summed E-state index contributed by atoms with van der Waals surface area (Å²) in [4.78, 5) is 11.1. The molecule has 0 unspecified atom stereocenters. The summed E-state index contributed by atoms with van der Waals surface area (Å²) < 4.78 is 5.27. The molecular formula is C11H16O2. The summed E-state index contributed by atoms with van der Waals surface area (Å²) in [6.45, 7) is 6.19. The Balaban J connectivity index is 4.29. The van der Waals surface area contributed by atoms with E-state index in [9.17, 15) is 4.79 Å². The van der Waals surface area contributed by atoms with E-state index >= 15 is 0 Å². The Kier molecular flexibility index (Phi) is 6.72. The Morgan fingerprint density at radius 2 is 2.15 bits per heavy atom. The molecule has 0 heterocycles. The molecule has 0 saturated heterocycles. The Labute approximate surface area is 80.0 Å². The molecule has 72 valence electrons. The summed E-state index contributed by atoms with van der Waals surface area (Å²) in [6.07, 6.45) is 3.24. The predicted octanol–water partition coefficient (Wildman–Crippen LogP) is 2.30. The zero-order valence-electron chi connectivity index (χ0n) is 8.52. The third-order valence-electron chi connectivity index (χ3n) is 1.37. The molecule has 0 atom stereocenters. The fraction of sp³-hybridized carbons (Fsp3) is 0.545. The maximum Gasteiger partial charge on any atom is 0.232 e. The van der Waals surface area contributed by atoms with Crippen molar-refractivity contribution in [2.45, 2.75) is 33.6 Å². The quantitative estimate of drug-likeness (QED) is 0.281. The molecule has 0 rings (SSSR count). The second-order valence-electron chi connectivity index (χ2n) is 2.53. The van der Waals surface area contributed by atoms with E-state index in [1.807, 2.05) is 13.8 Å². The normalized spacial score (nSPS) is 10.2. The van der Waals surface area contributed by atoms with Gasteiger partial charge in [0, 0.05) is 12.5 Å². The van der Waals surface area contributed by atoms with Crippen LogP contribution >= 0.6 is 0 Å². The van der Waals surface area contributed by atoms with Crippen LogP contribution in [0.5, 0.6) is 0 Å². The van der Waals surface area contributed by atoms with E-state index in [2.05, 4.69) is 11.8 Å². The molecule has 0 N–H and O–H groups in total. The van der Waals surface area contributed by atoms with E-state index in [1.165, 1.54) is 6.08 Å². The van der Waals surface area contributed by atoms with Gasteiger partial charge in [0.1, 0.15) is 5.76 Å². The Morgan fingerprint density at radius 3 is 2.62 bits per heavy atom. The van der Waals surface area contributed by atoms with Crippen molar-refractivity contribution in [3.05, 3.63) is 11.8 Å². The number of carbonyl (C=O) groups excluding carboxylic acids is 1. The van der Waals surface area contributed by atoms with Crippen molar-refractivity contribution in [3.63, 3.8) is 0 Å². The topological polar surface area (TPSA) is 26.3 Å². The van der Waals surface area contributed by atoms with Gasteiger partial charge in [0.05, 0.1) is 6.61 Å². The van der Waals surface area contributed by atoms with Gasteiger partial charge in [-0.25, -0.2) is 0 Å². The van der Waals surface area contributed by atoms with Gasteiger partial charge < -0.3 is 4.74 Å². The maximum atomic E-state index is 11.1. The minimum Gasteiger partial charge on any atom is -0.498 e. The predicted molar refractivity (Wildman–Crippen MR) is 53.1 cm³/mol. The molecule has 2 nitrogen and oxygen atoms in total. The molecule has 0 aliphatic rings. The first-order valence-corrected chi connectivity index (χ1v) is 4.54. The Bertz CT molecular complexity index is 233. The van der Waals surface area contributed by atoms with Gasteiger partial charge in [-0.2, -0.15) is 0 Å². The van der Waals surface area contributed by atoms with Crippen LogP contribution in [0.3, 0.4) is 0 Å². The van der Waals surface area contributed by atoms with E-state index in [0.717, 1.165) is 18.6 Å². The van der Waals surface area contributed by atoms with Gasteiger partial charge in [-0.05, 0) is 26.2 Å². The van der Waals surface area contributed by atoms with E-state index in [0.29, 0.717) is 6.61 Å². The fourth-order valence-electron chi connectivity index (χ4n) is 0.923. The highest BCUT2D eigenvalue weighted by Crippen LogP contribution is 2.06. The third-order valence-corrected chi connectivity index (χ3v) is 1.37. The van der Waals surface area contributed by atoms with Crippen molar-refractivity contribution in [1.82, 2.24) is 0 Å². The summed E-state index contributed by atoms with van der Waals surface area (Å²) in [5, 5.41) is 0. The van der Waals surface area contributed by atoms with E-state index in [4.69, 9.17) is 4.74 Å². The number of hydrogen-bond acceptors (Lipinski definition) is 2. The maximum absolute atomic E-state index is 11.1. The van der Waals surface area contributed by atoms with Crippen molar-refractivity contribution in [2.24, 2.45) is 0 Å². The molecule has 0 aliphatic heterocycles. The summed E-state index contributed by atoms with van der Waals surface area (Å²) in [5.41, 5.74) is 0. The van der Waals surface area contributed by atoms with Crippen LogP contribution in [0.15, 0.2) is 11.8 Å². The first kappa shape index (κ1) is 11.8. The number of ether oxygens (including phenoxy) is 1. The zero-order valence-corrected chi connectivity index (χ0v) is 8.52. The van der Waals surface area contributed by atoms with Crippen LogP contribution in [0.25, 0.3) is 0 Å². The van der Waals surface area contributed by atoms with Crippen LogP contribution in [0, 0.1) is 11.8 Å². The molecule has 0 saturated carbocycles. The fourth-order valence-corrected chi connectivity index (χ4v) is 0.923. The van der Waals surface area contributed by atoms with Crippen LogP contribution in [-0.4, -0.2) is 12.4 Å². The molecule has 0 radical (unpaired) electrons. The van der Waals surface area contributed by atoms with Gasteiger partial charge in [-0.1, -0.05) is 12.8 Å². The minimum atomic E-state index is -0.181. The van der Waals surface area contributed by atoms with Crippen molar-refractivity contribution < 1.29 is 9.53 Å². The Morgan fingerprint density at radius 1 is 1.46 bits per heavy atom. The highest BCUT2D eigenvalue weighted by Gasteiger charge is 1.98. The lowest BCUT2D eigenvalue weighted by molar-refractivity contribution is -0.109. The highest BCUT2D eigenvalue weighted by atomic mass is 16.5. The molecule has 0 bridgehead atoms. The number of carbonyl (C=O) groups is 1. The summed E-state index contributed by atoms with van der Waals surface area (Å²) >= 11 is 0. The molecule has 2 heteroatoms. The Hall–Kier alpha value is -1.23. The molecule has 0 aromatic rings. The van der Waals surface area contributed by atoms with Crippen LogP contribution < -0.4 is 0 Å². The summed E-state index contributed by atoms with van der Waals surface area (Å²) in [7, 11) is 0. The average molecular weight is 180 g/mol. The summed E-state index contributed by atoms with van der Waals surface area (Å²) in [6, 6.07) is 0. The van der Waals surface area contributed by atoms with Crippen LogP contribution in [-0.2, 0) is 9.53 Å². The van der Waals surface area contributed by atoms with Gasteiger partial charge in [0.15, 0.2) is 0 Å². The standard InChI is InChI=1S/C11H16O2/c1-4-7-10(12)9-11(8-5-2)13-6-3/h9H,5-6,8H2,1-3H3/b11-9+. The lowest BCUT2D eigenvalue weighted by Gasteiger charge is -2.05. The molecule has 0 spiro atoms. The molecular weight excluding hydrogens is 164 g/mol. The van der Waals surface area contributed by atoms with Crippen molar-refractivity contribution >= 4 is 5.78 Å². The second kappa shape index (κ2) is 7.42. The molecule has 0 fully saturated rings. The molecule has 0 aliphatic carbocycles. The average Bonchev–Trinajstić information content (AvgIpc) is 2.05. The molecule has 0 aromatic carbocycles. The number of ketones is 1. The number of allylic oxidation sites excluding steroid dienone is 2. The first-order valence-electron chi connectivity index (χ1n) is 4.54. The van der Waals surface area contributed by atoms with Crippen LogP contribution in [0.1, 0.15) is 33.6 Å². The largest absolute Gasteiger partial charge is 0.498 e. The lowest BCUT2D eigenvalue weighted by atomic mass is 10.2. The SMILES string of the molecule is CC#CC(=O)/C=C(\CCC)OCC. The molecule has 13 heavy (non-hydrogen) atoms. The van der Waals surface area contributed by atoms with Crippen LogP contribution in [0.2, 0.25) is 0 Å².